The van der Waals surface area contributed by atoms with Gasteiger partial charge >= 0.3 is 0 Å². The highest BCUT2D eigenvalue weighted by atomic mass is 16.5. The van der Waals surface area contributed by atoms with Crippen LogP contribution in [0.3, 0.4) is 0 Å². The fourth-order valence-electron chi connectivity index (χ4n) is 4.49. The topological polar surface area (TPSA) is 63.5 Å². The fraction of sp³-hybridized carbons (Fsp3) is 0.591. The molecule has 0 bridgehead atoms. The number of aryl methyl sites for hydroxylation is 2. The molecule has 0 radical (unpaired) electrons. The van der Waals surface area contributed by atoms with Crippen LogP contribution in [0.5, 0.6) is 5.75 Å². The summed E-state index contributed by atoms with van der Waals surface area (Å²) in [6.45, 7) is 7.27. The van der Waals surface area contributed by atoms with E-state index >= 15 is 0 Å². The van der Waals surface area contributed by atoms with Crippen molar-refractivity contribution in [1.82, 2.24) is 24.6 Å². The van der Waals surface area contributed by atoms with Crippen LogP contribution in [-0.4, -0.2) is 63.8 Å². The third-order valence-corrected chi connectivity index (χ3v) is 6.22. The molecule has 29 heavy (non-hydrogen) atoms. The maximum Gasteiger partial charge on any atom is 0.260 e. The largest absolute Gasteiger partial charge is 0.483 e. The van der Waals surface area contributed by atoms with Crippen LogP contribution in [-0.2, 0) is 17.8 Å². The summed E-state index contributed by atoms with van der Waals surface area (Å²) in [4.78, 5) is 17.1. The Morgan fingerprint density at radius 3 is 2.66 bits per heavy atom. The van der Waals surface area contributed by atoms with Gasteiger partial charge in [-0.1, -0.05) is 24.6 Å². The molecule has 1 saturated heterocycles. The second-order valence-corrected chi connectivity index (χ2v) is 8.26. The number of piperidine rings is 1. The normalized spacial score (nSPS) is 20.2. The molecule has 2 aromatic rings. The Bertz CT molecular complexity index is 858. The maximum absolute atomic E-state index is 12.8. The van der Waals surface area contributed by atoms with E-state index in [1.54, 1.807) is 0 Å². The van der Waals surface area contributed by atoms with Crippen LogP contribution in [0.2, 0.25) is 0 Å². The van der Waals surface area contributed by atoms with E-state index in [0.29, 0.717) is 19.1 Å². The SMILES string of the molecule is Cc1cccc(C)c1OCC(=O)N1CCc2nnc(C3CCCCN3C)n2CC1. The number of rotatable bonds is 4. The summed E-state index contributed by atoms with van der Waals surface area (Å²) in [5, 5.41) is 8.98. The van der Waals surface area contributed by atoms with Gasteiger partial charge in [-0.2, -0.15) is 0 Å². The number of likely N-dealkylation sites (tertiary alicyclic amines) is 1. The molecule has 1 amide bonds. The van der Waals surface area contributed by atoms with E-state index in [1.165, 1.54) is 12.8 Å². The third-order valence-electron chi connectivity index (χ3n) is 6.22. The first-order chi connectivity index (χ1) is 14.0. The van der Waals surface area contributed by atoms with Gasteiger partial charge in [0.2, 0.25) is 0 Å². The molecule has 0 N–H and O–H groups in total. The second-order valence-electron chi connectivity index (χ2n) is 8.26. The lowest BCUT2D eigenvalue weighted by Gasteiger charge is -2.32. The summed E-state index contributed by atoms with van der Waals surface area (Å²) < 4.78 is 8.12. The average Bonchev–Trinajstić information content (AvgIpc) is 2.98. The van der Waals surface area contributed by atoms with Gasteiger partial charge < -0.3 is 14.2 Å². The molecule has 1 aromatic carbocycles. The monoisotopic (exact) mass is 397 g/mol. The Hall–Kier alpha value is -2.41. The molecule has 2 aliphatic heterocycles. The van der Waals surface area contributed by atoms with E-state index in [1.807, 2.05) is 36.9 Å². The third kappa shape index (κ3) is 4.15. The molecular weight excluding hydrogens is 366 g/mol. The maximum atomic E-state index is 12.8. The molecule has 7 heteroatoms. The number of para-hydroxylation sites is 1. The Labute approximate surface area is 172 Å². The van der Waals surface area contributed by atoms with E-state index in [-0.39, 0.29) is 12.5 Å². The van der Waals surface area contributed by atoms with Crippen LogP contribution in [0.25, 0.3) is 0 Å². The molecule has 1 fully saturated rings. The van der Waals surface area contributed by atoms with Gasteiger partial charge in [-0.25, -0.2) is 0 Å². The first-order valence-electron chi connectivity index (χ1n) is 10.6. The zero-order valence-corrected chi connectivity index (χ0v) is 17.7. The van der Waals surface area contributed by atoms with Crippen molar-refractivity contribution in [3.05, 3.63) is 41.0 Å². The minimum atomic E-state index is 0.0303. The van der Waals surface area contributed by atoms with Gasteiger partial charge in [-0.15, -0.1) is 10.2 Å². The molecule has 4 rings (SSSR count). The Morgan fingerprint density at radius 1 is 1.10 bits per heavy atom. The fourth-order valence-corrected chi connectivity index (χ4v) is 4.49. The van der Waals surface area contributed by atoms with Gasteiger partial charge in [0.25, 0.3) is 5.91 Å². The molecule has 0 spiro atoms. The Morgan fingerprint density at radius 2 is 1.90 bits per heavy atom. The minimum absolute atomic E-state index is 0.0303. The van der Waals surface area contributed by atoms with Crippen molar-refractivity contribution in [1.29, 1.82) is 0 Å². The van der Waals surface area contributed by atoms with Crippen molar-refractivity contribution in [3.63, 3.8) is 0 Å². The van der Waals surface area contributed by atoms with Gasteiger partial charge in [-0.05, 0) is 51.4 Å². The van der Waals surface area contributed by atoms with Crippen molar-refractivity contribution < 1.29 is 9.53 Å². The number of hydrogen-bond donors (Lipinski definition) is 0. The van der Waals surface area contributed by atoms with Gasteiger partial charge in [-0.3, -0.25) is 9.69 Å². The molecule has 0 saturated carbocycles. The number of nitrogens with zero attached hydrogens (tertiary/aromatic N) is 5. The van der Waals surface area contributed by atoms with Crippen molar-refractivity contribution in [2.45, 2.75) is 52.1 Å². The van der Waals surface area contributed by atoms with Crippen LogP contribution >= 0.6 is 0 Å². The van der Waals surface area contributed by atoms with E-state index < -0.39 is 0 Å². The van der Waals surface area contributed by atoms with Crippen molar-refractivity contribution >= 4 is 5.91 Å². The van der Waals surface area contributed by atoms with Crippen molar-refractivity contribution in [2.24, 2.45) is 0 Å². The summed E-state index contributed by atoms with van der Waals surface area (Å²) in [5.41, 5.74) is 2.11. The summed E-state index contributed by atoms with van der Waals surface area (Å²) in [6, 6.07) is 6.35. The quantitative estimate of drug-likeness (QED) is 0.793. The van der Waals surface area contributed by atoms with Crippen LogP contribution in [0.4, 0.5) is 0 Å². The van der Waals surface area contributed by atoms with Gasteiger partial charge in [0.05, 0.1) is 6.04 Å². The first-order valence-corrected chi connectivity index (χ1v) is 10.6. The molecule has 7 nitrogen and oxygen atoms in total. The number of hydrogen-bond acceptors (Lipinski definition) is 5. The number of carbonyl (C=O) groups is 1. The highest BCUT2D eigenvalue weighted by Gasteiger charge is 2.29. The average molecular weight is 398 g/mol. The summed E-state index contributed by atoms with van der Waals surface area (Å²) in [6.07, 6.45) is 4.34. The highest BCUT2D eigenvalue weighted by Crippen LogP contribution is 2.29. The molecule has 3 heterocycles. The number of fused-ring (bicyclic) bond motifs is 1. The summed E-state index contributed by atoms with van der Waals surface area (Å²) in [5.74, 6) is 2.89. The summed E-state index contributed by atoms with van der Waals surface area (Å²) >= 11 is 0. The van der Waals surface area contributed by atoms with Gasteiger partial charge in [0.15, 0.2) is 6.61 Å². The van der Waals surface area contributed by atoms with Crippen molar-refractivity contribution in [2.75, 3.05) is 33.3 Å². The molecule has 1 aromatic heterocycles. The predicted molar refractivity (Wildman–Crippen MR) is 111 cm³/mol. The Balaban J connectivity index is 1.40. The summed E-state index contributed by atoms with van der Waals surface area (Å²) in [7, 11) is 2.17. The smallest absolute Gasteiger partial charge is 0.260 e. The number of aromatic nitrogens is 3. The lowest BCUT2D eigenvalue weighted by molar-refractivity contribution is -0.133. The van der Waals surface area contributed by atoms with E-state index in [4.69, 9.17) is 4.74 Å². The number of ether oxygens (including phenoxy) is 1. The van der Waals surface area contributed by atoms with Gasteiger partial charge in [0.1, 0.15) is 17.4 Å². The first kappa shape index (κ1) is 19.9. The molecule has 156 valence electrons. The number of benzene rings is 1. The lowest BCUT2D eigenvalue weighted by atomic mass is 10.0. The van der Waals surface area contributed by atoms with E-state index in [2.05, 4.69) is 26.7 Å². The van der Waals surface area contributed by atoms with Crippen LogP contribution in [0.1, 0.15) is 48.1 Å². The highest BCUT2D eigenvalue weighted by molar-refractivity contribution is 5.78. The van der Waals surface area contributed by atoms with Crippen LogP contribution < -0.4 is 4.74 Å². The predicted octanol–water partition coefficient (Wildman–Crippen LogP) is 2.52. The van der Waals surface area contributed by atoms with E-state index in [9.17, 15) is 4.79 Å². The zero-order chi connectivity index (χ0) is 20.4. The minimum Gasteiger partial charge on any atom is -0.483 e. The molecular formula is C22H31N5O2. The molecule has 1 atom stereocenters. The number of carbonyl (C=O) groups excluding carboxylic acids is 1. The molecule has 1 unspecified atom stereocenters. The number of amides is 1. The van der Waals surface area contributed by atoms with Crippen molar-refractivity contribution in [3.8, 4) is 5.75 Å². The van der Waals surface area contributed by atoms with E-state index in [0.717, 1.165) is 54.5 Å². The van der Waals surface area contributed by atoms with Gasteiger partial charge in [0, 0.05) is 26.1 Å². The second kappa shape index (κ2) is 8.53. The Kier molecular flexibility index (Phi) is 5.85. The lowest BCUT2D eigenvalue weighted by Crippen LogP contribution is -2.37. The molecule has 2 aliphatic rings. The molecule has 0 aliphatic carbocycles. The standard InChI is InChI=1S/C22H31N5O2/c1-16-7-6-8-17(2)21(16)29-15-20(28)26-12-10-19-23-24-22(27(19)14-13-26)18-9-4-5-11-25(18)3/h6-8,18H,4-5,9-15H2,1-3H3. The van der Waals surface area contributed by atoms with Crippen LogP contribution in [0, 0.1) is 13.8 Å². The zero-order valence-electron chi connectivity index (χ0n) is 17.7. The van der Waals surface area contributed by atoms with Crippen LogP contribution in [0.15, 0.2) is 18.2 Å².